The Kier molecular flexibility index (Phi) is 8.61. The highest BCUT2D eigenvalue weighted by molar-refractivity contribution is 14.1. The monoisotopic (exact) mass is 625 g/mol. The van der Waals surface area contributed by atoms with E-state index in [9.17, 15) is 14.4 Å². The number of imide groups is 1. The van der Waals surface area contributed by atoms with E-state index in [2.05, 4.69) is 22.6 Å². The summed E-state index contributed by atoms with van der Waals surface area (Å²) in [7, 11) is 4.62. The number of carbonyl (C=O) groups excluding carboxylic acids is 3. The van der Waals surface area contributed by atoms with E-state index in [0.717, 1.165) is 16.0 Å². The standard InChI is InChI=1S/C27H32INO8/c1-14(30)29(26(32)37-27(3,4)5)20-10-9-16-11-22(33-6)24(34-7)25(35-8)23(16)18-12-19(28)21(13-17(18)20)36-15(2)31/h11-13,20H,9-10H2,1-8H3/t20-/m0/s1. The number of hydrogen-bond donors (Lipinski definition) is 0. The van der Waals surface area contributed by atoms with Gasteiger partial charge in [-0.2, -0.15) is 0 Å². The highest BCUT2D eigenvalue weighted by Crippen LogP contribution is 2.52. The van der Waals surface area contributed by atoms with Crippen LogP contribution in [-0.2, 0) is 20.7 Å². The first-order valence-corrected chi connectivity index (χ1v) is 12.8. The third-order valence-electron chi connectivity index (χ3n) is 5.83. The second-order valence-corrected chi connectivity index (χ2v) is 10.7. The van der Waals surface area contributed by atoms with Crippen LogP contribution in [0.4, 0.5) is 4.79 Å². The highest BCUT2D eigenvalue weighted by atomic mass is 127. The summed E-state index contributed by atoms with van der Waals surface area (Å²) in [5.74, 6) is 0.755. The Bertz CT molecular complexity index is 1230. The minimum absolute atomic E-state index is 0.326. The molecule has 0 unspecified atom stereocenters. The van der Waals surface area contributed by atoms with Crippen LogP contribution in [0.3, 0.4) is 0 Å². The quantitative estimate of drug-likeness (QED) is 0.238. The molecule has 0 heterocycles. The van der Waals surface area contributed by atoms with E-state index in [1.807, 2.05) is 12.1 Å². The van der Waals surface area contributed by atoms with Crippen molar-refractivity contribution in [3.05, 3.63) is 32.9 Å². The van der Waals surface area contributed by atoms with Gasteiger partial charge in [-0.3, -0.25) is 9.59 Å². The zero-order valence-electron chi connectivity index (χ0n) is 22.3. The fraction of sp³-hybridized carbons (Fsp3) is 0.444. The topological polar surface area (TPSA) is 101 Å². The number of nitrogens with zero attached hydrogens (tertiary/aromatic N) is 1. The molecule has 0 saturated heterocycles. The van der Waals surface area contributed by atoms with Crippen molar-refractivity contribution < 1.29 is 38.1 Å². The Hall–Kier alpha value is -3.02. The molecule has 0 spiro atoms. The fourth-order valence-electron chi connectivity index (χ4n) is 4.50. The van der Waals surface area contributed by atoms with Crippen LogP contribution < -0.4 is 18.9 Å². The highest BCUT2D eigenvalue weighted by Gasteiger charge is 2.38. The van der Waals surface area contributed by atoms with Crippen LogP contribution in [0.15, 0.2) is 18.2 Å². The smallest absolute Gasteiger partial charge is 0.417 e. The molecule has 1 atom stereocenters. The summed E-state index contributed by atoms with van der Waals surface area (Å²) in [6, 6.07) is 4.73. The number of rotatable bonds is 5. The first-order valence-electron chi connectivity index (χ1n) is 11.7. The van der Waals surface area contributed by atoms with Crippen LogP contribution in [0.25, 0.3) is 11.1 Å². The zero-order valence-corrected chi connectivity index (χ0v) is 24.5. The normalized spacial score (nSPS) is 14.5. The number of hydrogen-bond acceptors (Lipinski definition) is 8. The largest absolute Gasteiger partial charge is 0.493 e. The lowest BCUT2D eigenvalue weighted by molar-refractivity contribution is -0.132. The van der Waals surface area contributed by atoms with Crippen molar-refractivity contribution in [3.63, 3.8) is 0 Å². The van der Waals surface area contributed by atoms with Crippen molar-refractivity contribution in [1.29, 1.82) is 0 Å². The minimum atomic E-state index is -0.805. The SMILES string of the molecule is COc1cc2c(c(OC)c1OC)-c1cc(I)c(OC(C)=O)cc1[C@@H](N(C(C)=O)C(=O)OC(C)(C)C)CC2. The molecular formula is C27H32INO8. The van der Waals surface area contributed by atoms with Crippen molar-refractivity contribution in [1.82, 2.24) is 4.90 Å². The zero-order chi connectivity index (χ0) is 27.7. The van der Waals surface area contributed by atoms with Crippen LogP contribution >= 0.6 is 22.6 Å². The molecule has 3 rings (SSSR count). The second-order valence-electron chi connectivity index (χ2n) is 9.57. The maximum absolute atomic E-state index is 13.3. The average Bonchev–Trinajstić information content (AvgIpc) is 2.93. The third-order valence-corrected chi connectivity index (χ3v) is 6.67. The molecule has 200 valence electrons. The van der Waals surface area contributed by atoms with Crippen LogP contribution in [0.1, 0.15) is 58.2 Å². The Morgan fingerprint density at radius 3 is 2.11 bits per heavy atom. The van der Waals surface area contributed by atoms with Gasteiger partial charge in [-0.05, 0) is 91.1 Å². The number of carbonyl (C=O) groups is 3. The van der Waals surface area contributed by atoms with Crippen LogP contribution in [0.5, 0.6) is 23.0 Å². The summed E-state index contributed by atoms with van der Waals surface area (Å²) in [6.07, 6.45) is 0.117. The molecule has 1 aliphatic rings. The molecule has 0 bridgehead atoms. The summed E-state index contributed by atoms with van der Waals surface area (Å²) < 4.78 is 28.7. The van der Waals surface area contributed by atoms with E-state index >= 15 is 0 Å². The maximum Gasteiger partial charge on any atom is 0.417 e. The van der Waals surface area contributed by atoms with E-state index < -0.39 is 29.6 Å². The Morgan fingerprint density at radius 2 is 1.59 bits per heavy atom. The predicted octanol–water partition coefficient (Wildman–Crippen LogP) is 5.68. The number of halogens is 1. The predicted molar refractivity (Wildman–Crippen MR) is 145 cm³/mol. The molecule has 0 saturated carbocycles. The molecular weight excluding hydrogens is 593 g/mol. The van der Waals surface area contributed by atoms with Gasteiger partial charge >= 0.3 is 12.1 Å². The van der Waals surface area contributed by atoms with Gasteiger partial charge in [0.25, 0.3) is 0 Å². The van der Waals surface area contributed by atoms with E-state index in [4.69, 9.17) is 23.7 Å². The number of amides is 2. The number of esters is 1. The summed E-state index contributed by atoms with van der Waals surface area (Å²) in [4.78, 5) is 39.1. The van der Waals surface area contributed by atoms with Crippen LogP contribution in [0, 0.1) is 3.57 Å². The van der Waals surface area contributed by atoms with Crippen molar-refractivity contribution in [2.24, 2.45) is 0 Å². The second kappa shape index (κ2) is 11.2. The van der Waals surface area contributed by atoms with Crippen LogP contribution in [-0.4, -0.2) is 49.8 Å². The molecule has 1 aliphatic carbocycles. The van der Waals surface area contributed by atoms with E-state index in [1.54, 1.807) is 41.1 Å². The first-order chi connectivity index (χ1) is 17.3. The molecule has 2 aromatic carbocycles. The van der Waals surface area contributed by atoms with Gasteiger partial charge in [0.1, 0.15) is 11.4 Å². The fourth-order valence-corrected chi connectivity index (χ4v) is 5.07. The van der Waals surface area contributed by atoms with E-state index in [1.165, 1.54) is 21.0 Å². The summed E-state index contributed by atoms with van der Waals surface area (Å²) >= 11 is 2.09. The molecule has 0 N–H and O–H groups in total. The lowest BCUT2D eigenvalue weighted by Crippen LogP contribution is -2.42. The lowest BCUT2D eigenvalue weighted by atomic mass is 9.93. The molecule has 0 aliphatic heterocycles. The number of fused-ring (bicyclic) bond motifs is 3. The molecule has 0 fully saturated rings. The summed E-state index contributed by atoms with van der Waals surface area (Å²) in [5.41, 5.74) is 2.16. The molecule has 2 aromatic rings. The molecule has 0 aromatic heterocycles. The van der Waals surface area contributed by atoms with Gasteiger partial charge in [0, 0.05) is 19.4 Å². The van der Waals surface area contributed by atoms with Gasteiger partial charge in [-0.25, -0.2) is 9.69 Å². The van der Waals surface area contributed by atoms with E-state index in [-0.39, 0.29) is 0 Å². The Balaban J connectivity index is 2.37. The minimum Gasteiger partial charge on any atom is -0.493 e. The summed E-state index contributed by atoms with van der Waals surface area (Å²) in [6.45, 7) is 7.87. The van der Waals surface area contributed by atoms with Crippen molar-refractivity contribution in [2.75, 3.05) is 21.3 Å². The van der Waals surface area contributed by atoms with Gasteiger partial charge in [0.15, 0.2) is 11.5 Å². The van der Waals surface area contributed by atoms with Crippen molar-refractivity contribution in [2.45, 2.75) is 59.1 Å². The van der Waals surface area contributed by atoms with Crippen LogP contribution in [0.2, 0.25) is 0 Å². The Labute approximate surface area is 230 Å². The van der Waals surface area contributed by atoms with Crippen molar-refractivity contribution >= 4 is 40.6 Å². The molecule has 9 nitrogen and oxygen atoms in total. The van der Waals surface area contributed by atoms with E-state index in [0.29, 0.717) is 50.5 Å². The maximum atomic E-state index is 13.3. The number of ether oxygens (including phenoxy) is 5. The van der Waals surface area contributed by atoms with Gasteiger partial charge in [0.05, 0.1) is 30.9 Å². The van der Waals surface area contributed by atoms with Gasteiger partial charge < -0.3 is 23.7 Å². The molecule has 2 amide bonds. The van der Waals surface area contributed by atoms with Crippen molar-refractivity contribution in [3.8, 4) is 34.1 Å². The molecule has 10 heteroatoms. The molecule has 37 heavy (non-hydrogen) atoms. The average molecular weight is 625 g/mol. The van der Waals surface area contributed by atoms with Gasteiger partial charge in [0.2, 0.25) is 11.7 Å². The third kappa shape index (κ3) is 5.94. The number of aryl methyl sites for hydroxylation is 1. The number of benzene rings is 2. The summed E-state index contributed by atoms with van der Waals surface area (Å²) in [5, 5.41) is 0. The van der Waals surface area contributed by atoms with Gasteiger partial charge in [-0.15, -0.1) is 0 Å². The lowest BCUT2D eigenvalue weighted by Gasteiger charge is -2.32. The Morgan fingerprint density at radius 1 is 0.946 bits per heavy atom. The molecule has 0 radical (unpaired) electrons. The number of methoxy groups -OCH3 is 3. The first kappa shape index (κ1) is 28.5. The van der Waals surface area contributed by atoms with Gasteiger partial charge in [-0.1, -0.05) is 0 Å².